The van der Waals surface area contributed by atoms with Crippen LogP contribution >= 0.6 is 0 Å². The van der Waals surface area contributed by atoms with Gasteiger partial charge in [-0.1, -0.05) is 30.3 Å². The monoisotopic (exact) mass is 323 g/mol. The van der Waals surface area contributed by atoms with E-state index in [0.29, 0.717) is 5.56 Å². The lowest BCUT2D eigenvalue weighted by Crippen LogP contribution is -2.29. The average molecular weight is 323 g/mol. The minimum Gasteiger partial charge on any atom is -0.335 e. The fourth-order valence-corrected chi connectivity index (χ4v) is 2.50. The zero-order valence-electron chi connectivity index (χ0n) is 13.6. The second-order valence-corrected chi connectivity index (χ2v) is 5.65. The normalized spacial score (nSPS) is 12.0. The molecule has 0 aliphatic carbocycles. The summed E-state index contributed by atoms with van der Waals surface area (Å²) < 4.78 is 14.7. The maximum atomic E-state index is 13.0. The molecule has 1 heterocycles. The van der Waals surface area contributed by atoms with Gasteiger partial charge in [-0.15, -0.1) is 0 Å². The first-order valence-corrected chi connectivity index (χ1v) is 7.69. The number of hydrogen-bond acceptors (Lipinski definition) is 2. The molecule has 0 saturated heterocycles. The lowest BCUT2D eigenvalue weighted by molar-refractivity contribution is 0.0742. The summed E-state index contributed by atoms with van der Waals surface area (Å²) in [5, 5.41) is 4.25. The van der Waals surface area contributed by atoms with E-state index in [1.807, 2.05) is 37.3 Å². The van der Waals surface area contributed by atoms with Crippen LogP contribution in [0.3, 0.4) is 0 Å². The summed E-state index contributed by atoms with van der Waals surface area (Å²) >= 11 is 0. The van der Waals surface area contributed by atoms with Crippen molar-refractivity contribution in [2.24, 2.45) is 0 Å². The van der Waals surface area contributed by atoms with Gasteiger partial charge in [-0.3, -0.25) is 4.79 Å². The molecule has 24 heavy (non-hydrogen) atoms. The van der Waals surface area contributed by atoms with Crippen LogP contribution in [-0.2, 0) is 0 Å². The first-order valence-electron chi connectivity index (χ1n) is 7.69. The molecule has 122 valence electrons. The minimum absolute atomic E-state index is 0.131. The van der Waals surface area contributed by atoms with Crippen molar-refractivity contribution in [2.45, 2.75) is 13.0 Å². The molecular weight excluding hydrogens is 305 g/mol. The van der Waals surface area contributed by atoms with Gasteiger partial charge in [0.1, 0.15) is 5.82 Å². The van der Waals surface area contributed by atoms with E-state index in [0.717, 1.165) is 11.3 Å². The Hall–Kier alpha value is -2.95. The van der Waals surface area contributed by atoms with E-state index in [2.05, 4.69) is 5.10 Å². The smallest absolute Gasteiger partial charge is 0.257 e. The van der Waals surface area contributed by atoms with E-state index in [-0.39, 0.29) is 17.8 Å². The Kier molecular flexibility index (Phi) is 4.42. The molecule has 1 aromatic heterocycles. The molecule has 0 N–H and O–H groups in total. The van der Waals surface area contributed by atoms with E-state index in [1.165, 1.54) is 12.1 Å². The van der Waals surface area contributed by atoms with Crippen LogP contribution in [0, 0.1) is 5.82 Å². The fraction of sp³-hybridized carbons (Fsp3) is 0.158. The predicted octanol–water partition coefficient (Wildman–Crippen LogP) is 3.84. The van der Waals surface area contributed by atoms with E-state index < -0.39 is 0 Å². The van der Waals surface area contributed by atoms with Crippen LogP contribution < -0.4 is 0 Å². The number of para-hydroxylation sites is 1. The van der Waals surface area contributed by atoms with Gasteiger partial charge in [0.2, 0.25) is 0 Å². The molecule has 0 fully saturated rings. The van der Waals surface area contributed by atoms with Crippen LogP contribution in [0.5, 0.6) is 0 Å². The van der Waals surface area contributed by atoms with Gasteiger partial charge in [-0.2, -0.15) is 5.10 Å². The molecule has 2 aromatic carbocycles. The quantitative estimate of drug-likeness (QED) is 0.731. The standard InChI is InChI=1S/C19H18FN3O/c1-14(15-8-10-17(20)11-9-15)22(2)19(24)16-12-21-23(13-16)18-6-4-3-5-7-18/h3-14H,1-2H3. The van der Waals surface area contributed by atoms with Crippen LogP contribution in [0.4, 0.5) is 4.39 Å². The molecule has 0 radical (unpaired) electrons. The van der Waals surface area contributed by atoms with E-state index in [1.54, 1.807) is 41.2 Å². The molecule has 4 nitrogen and oxygen atoms in total. The third kappa shape index (κ3) is 3.20. The number of nitrogens with zero attached hydrogens (tertiary/aromatic N) is 3. The van der Waals surface area contributed by atoms with Crippen molar-refractivity contribution in [2.75, 3.05) is 7.05 Å². The summed E-state index contributed by atoms with van der Waals surface area (Å²) in [6.07, 6.45) is 3.27. The number of hydrogen-bond donors (Lipinski definition) is 0. The lowest BCUT2D eigenvalue weighted by atomic mass is 10.1. The van der Waals surface area contributed by atoms with Crippen molar-refractivity contribution in [3.63, 3.8) is 0 Å². The van der Waals surface area contributed by atoms with Crippen molar-refractivity contribution in [3.8, 4) is 5.69 Å². The number of carbonyl (C=O) groups is 1. The summed E-state index contributed by atoms with van der Waals surface area (Å²) in [5.41, 5.74) is 2.28. The largest absolute Gasteiger partial charge is 0.335 e. The number of rotatable bonds is 4. The maximum Gasteiger partial charge on any atom is 0.257 e. The van der Waals surface area contributed by atoms with Crippen LogP contribution in [-0.4, -0.2) is 27.6 Å². The van der Waals surface area contributed by atoms with Crippen molar-refractivity contribution in [1.82, 2.24) is 14.7 Å². The molecule has 1 amide bonds. The van der Waals surface area contributed by atoms with Crippen LogP contribution in [0.2, 0.25) is 0 Å². The summed E-state index contributed by atoms with van der Waals surface area (Å²) in [6, 6.07) is 15.6. The molecule has 3 rings (SSSR count). The molecule has 3 aromatic rings. The highest BCUT2D eigenvalue weighted by Crippen LogP contribution is 2.21. The Balaban J connectivity index is 1.78. The Morgan fingerprint density at radius 1 is 1.12 bits per heavy atom. The van der Waals surface area contributed by atoms with Crippen molar-refractivity contribution in [1.29, 1.82) is 0 Å². The van der Waals surface area contributed by atoms with Crippen LogP contribution in [0.25, 0.3) is 5.69 Å². The molecule has 0 aliphatic rings. The average Bonchev–Trinajstić information content (AvgIpc) is 3.11. The van der Waals surface area contributed by atoms with Gasteiger partial charge >= 0.3 is 0 Å². The van der Waals surface area contributed by atoms with Gasteiger partial charge in [0.15, 0.2) is 0 Å². The van der Waals surface area contributed by atoms with Crippen molar-refractivity contribution < 1.29 is 9.18 Å². The van der Waals surface area contributed by atoms with Crippen molar-refractivity contribution >= 4 is 5.91 Å². The Morgan fingerprint density at radius 2 is 1.79 bits per heavy atom. The SMILES string of the molecule is CC(c1ccc(F)cc1)N(C)C(=O)c1cnn(-c2ccccc2)c1. The summed E-state index contributed by atoms with van der Waals surface area (Å²) in [5.74, 6) is -0.418. The van der Waals surface area contributed by atoms with Gasteiger partial charge in [0, 0.05) is 13.2 Å². The Bertz CT molecular complexity index is 827. The van der Waals surface area contributed by atoms with Crippen LogP contribution in [0.15, 0.2) is 67.0 Å². The second-order valence-electron chi connectivity index (χ2n) is 5.65. The molecule has 0 bridgehead atoms. The Morgan fingerprint density at radius 3 is 2.46 bits per heavy atom. The number of carbonyl (C=O) groups excluding carboxylic acids is 1. The highest BCUT2D eigenvalue weighted by molar-refractivity contribution is 5.93. The van der Waals surface area contributed by atoms with E-state index in [9.17, 15) is 9.18 Å². The zero-order valence-corrected chi connectivity index (χ0v) is 13.6. The molecule has 1 atom stereocenters. The van der Waals surface area contributed by atoms with E-state index >= 15 is 0 Å². The molecule has 5 heteroatoms. The Labute approximate surface area is 140 Å². The van der Waals surface area contributed by atoms with Crippen LogP contribution in [0.1, 0.15) is 28.9 Å². The number of aromatic nitrogens is 2. The summed E-state index contributed by atoms with van der Waals surface area (Å²) in [7, 11) is 1.73. The third-order valence-electron chi connectivity index (χ3n) is 4.10. The number of benzene rings is 2. The molecular formula is C19H18FN3O. The fourth-order valence-electron chi connectivity index (χ4n) is 2.50. The van der Waals surface area contributed by atoms with E-state index in [4.69, 9.17) is 0 Å². The minimum atomic E-state index is -0.288. The predicted molar refractivity (Wildman–Crippen MR) is 90.5 cm³/mol. The first kappa shape index (κ1) is 15.9. The van der Waals surface area contributed by atoms with Gasteiger partial charge in [-0.05, 0) is 36.8 Å². The molecule has 0 aliphatic heterocycles. The highest BCUT2D eigenvalue weighted by Gasteiger charge is 2.20. The third-order valence-corrected chi connectivity index (χ3v) is 4.10. The zero-order chi connectivity index (χ0) is 17.1. The molecule has 1 unspecified atom stereocenters. The number of amides is 1. The van der Waals surface area contributed by atoms with Gasteiger partial charge in [-0.25, -0.2) is 9.07 Å². The van der Waals surface area contributed by atoms with Gasteiger partial charge < -0.3 is 4.90 Å². The molecule has 0 saturated carbocycles. The topological polar surface area (TPSA) is 38.1 Å². The first-order chi connectivity index (χ1) is 11.6. The lowest BCUT2D eigenvalue weighted by Gasteiger charge is -2.24. The number of halogens is 1. The molecule has 0 spiro atoms. The van der Waals surface area contributed by atoms with Gasteiger partial charge in [0.25, 0.3) is 5.91 Å². The summed E-state index contributed by atoms with van der Waals surface area (Å²) in [6.45, 7) is 1.91. The van der Waals surface area contributed by atoms with Crippen molar-refractivity contribution in [3.05, 3.63) is 83.9 Å². The maximum absolute atomic E-state index is 13.0. The van der Waals surface area contributed by atoms with Gasteiger partial charge in [0.05, 0.1) is 23.5 Å². The highest BCUT2D eigenvalue weighted by atomic mass is 19.1. The summed E-state index contributed by atoms with van der Waals surface area (Å²) in [4.78, 5) is 14.3. The second kappa shape index (κ2) is 6.66.